The lowest BCUT2D eigenvalue weighted by Crippen LogP contribution is -2.40. The second-order valence-corrected chi connectivity index (χ2v) is 6.96. The number of hydrogen-bond donors (Lipinski definition) is 0. The second-order valence-electron chi connectivity index (χ2n) is 6.96. The second kappa shape index (κ2) is 9.82. The van der Waals surface area contributed by atoms with Crippen molar-refractivity contribution in [3.05, 3.63) is 54.6 Å². The molecule has 2 heterocycles. The van der Waals surface area contributed by atoms with Gasteiger partial charge in [0.2, 0.25) is 5.91 Å². The molecule has 1 saturated heterocycles. The third kappa shape index (κ3) is 5.52. The van der Waals surface area contributed by atoms with Gasteiger partial charge in [0.15, 0.2) is 6.61 Å². The minimum absolute atomic E-state index is 0.0182. The van der Waals surface area contributed by atoms with Gasteiger partial charge in [0, 0.05) is 50.6 Å². The SMILES string of the molecule is CC(=O)N(Cc1cncnc1)[C@H]1CCCN(C(=O)COc2ccccc2)CC1. The zero-order chi connectivity index (χ0) is 19.8. The van der Waals surface area contributed by atoms with Crippen LogP contribution in [0.25, 0.3) is 0 Å². The normalized spacial score (nSPS) is 16.9. The maximum atomic E-state index is 12.5. The van der Waals surface area contributed by atoms with Gasteiger partial charge >= 0.3 is 0 Å². The number of nitrogens with zero attached hydrogens (tertiary/aromatic N) is 4. The highest BCUT2D eigenvalue weighted by Crippen LogP contribution is 2.20. The predicted molar refractivity (Wildman–Crippen MR) is 104 cm³/mol. The van der Waals surface area contributed by atoms with Gasteiger partial charge in [-0.25, -0.2) is 9.97 Å². The number of carbonyl (C=O) groups excluding carboxylic acids is 2. The predicted octanol–water partition coefficient (Wildman–Crippen LogP) is 2.29. The van der Waals surface area contributed by atoms with E-state index in [4.69, 9.17) is 4.74 Å². The van der Waals surface area contributed by atoms with Gasteiger partial charge in [-0.2, -0.15) is 0 Å². The summed E-state index contributed by atoms with van der Waals surface area (Å²) in [6.07, 6.45) is 7.43. The van der Waals surface area contributed by atoms with E-state index in [1.165, 1.54) is 6.33 Å². The Morgan fingerprint density at radius 3 is 2.61 bits per heavy atom. The van der Waals surface area contributed by atoms with Gasteiger partial charge in [-0.15, -0.1) is 0 Å². The van der Waals surface area contributed by atoms with Gasteiger partial charge in [-0.1, -0.05) is 18.2 Å². The van der Waals surface area contributed by atoms with E-state index in [0.717, 1.165) is 24.8 Å². The summed E-state index contributed by atoms with van der Waals surface area (Å²) in [5, 5.41) is 0. The summed E-state index contributed by atoms with van der Waals surface area (Å²) in [6, 6.07) is 9.44. The van der Waals surface area contributed by atoms with Gasteiger partial charge < -0.3 is 14.5 Å². The van der Waals surface area contributed by atoms with Crippen LogP contribution in [-0.2, 0) is 16.1 Å². The lowest BCUT2D eigenvalue weighted by Gasteiger charge is -2.30. The number of ether oxygens (including phenoxy) is 1. The molecule has 2 amide bonds. The molecule has 1 atom stereocenters. The Bertz CT molecular complexity index is 770. The summed E-state index contributed by atoms with van der Waals surface area (Å²) in [6.45, 7) is 3.42. The van der Waals surface area contributed by atoms with Crippen molar-refractivity contribution in [2.24, 2.45) is 0 Å². The molecule has 1 aliphatic heterocycles. The summed E-state index contributed by atoms with van der Waals surface area (Å²) in [5.41, 5.74) is 0.908. The van der Waals surface area contributed by atoms with Crippen LogP contribution >= 0.6 is 0 Å². The zero-order valence-electron chi connectivity index (χ0n) is 16.2. The Morgan fingerprint density at radius 1 is 1.14 bits per heavy atom. The van der Waals surface area contributed by atoms with Gasteiger partial charge in [0.05, 0.1) is 0 Å². The van der Waals surface area contributed by atoms with Crippen molar-refractivity contribution in [2.45, 2.75) is 38.8 Å². The van der Waals surface area contributed by atoms with Crippen LogP contribution in [0, 0.1) is 0 Å². The summed E-state index contributed by atoms with van der Waals surface area (Å²) < 4.78 is 5.58. The van der Waals surface area contributed by atoms with Crippen LogP contribution in [0.5, 0.6) is 5.75 Å². The van der Waals surface area contributed by atoms with Crippen molar-refractivity contribution in [1.29, 1.82) is 0 Å². The summed E-state index contributed by atoms with van der Waals surface area (Å²) in [7, 11) is 0. The van der Waals surface area contributed by atoms with E-state index < -0.39 is 0 Å². The van der Waals surface area contributed by atoms with Crippen molar-refractivity contribution in [3.8, 4) is 5.75 Å². The highest BCUT2D eigenvalue weighted by molar-refractivity contribution is 5.78. The van der Waals surface area contributed by atoms with Crippen LogP contribution in [0.4, 0.5) is 0 Å². The van der Waals surface area contributed by atoms with Crippen LogP contribution < -0.4 is 4.74 Å². The smallest absolute Gasteiger partial charge is 0.260 e. The fraction of sp³-hybridized carbons (Fsp3) is 0.429. The Balaban J connectivity index is 1.55. The molecule has 0 unspecified atom stereocenters. The van der Waals surface area contributed by atoms with Crippen LogP contribution in [-0.4, -0.2) is 57.3 Å². The van der Waals surface area contributed by atoms with Gasteiger partial charge in [0.1, 0.15) is 12.1 Å². The maximum absolute atomic E-state index is 12.5. The van der Waals surface area contributed by atoms with Crippen molar-refractivity contribution in [2.75, 3.05) is 19.7 Å². The van der Waals surface area contributed by atoms with E-state index in [0.29, 0.717) is 25.4 Å². The topological polar surface area (TPSA) is 75.6 Å². The molecule has 0 spiro atoms. The molecule has 0 saturated carbocycles. The van der Waals surface area contributed by atoms with Crippen LogP contribution in [0.3, 0.4) is 0 Å². The number of benzene rings is 1. The molecular formula is C21H26N4O3. The van der Waals surface area contributed by atoms with Gasteiger partial charge in [-0.3, -0.25) is 9.59 Å². The standard InChI is InChI=1S/C21H26N4O3/c1-17(26)25(14-18-12-22-16-23-13-18)19-6-5-10-24(11-9-19)21(27)15-28-20-7-3-2-4-8-20/h2-4,7-8,12-13,16,19H,5-6,9-11,14-15H2,1H3/t19-/m0/s1. The molecule has 3 rings (SSSR count). The van der Waals surface area contributed by atoms with E-state index in [1.54, 1.807) is 19.3 Å². The van der Waals surface area contributed by atoms with Crippen molar-refractivity contribution < 1.29 is 14.3 Å². The largest absolute Gasteiger partial charge is 0.484 e. The Kier molecular flexibility index (Phi) is 6.94. The van der Waals surface area contributed by atoms with E-state index in [1.807, 2.05) is 40.1 Å². The number of likely N-dealkylation sites (tertiary alicyclic amines) is 1. The fourth-order valence-corrected chi connectivity index (χ4v) is 3.50. The minimum atomic E-state index is -0.0182. The molecule has 1 aromatic carbocycles. The summed E-state index contributed by atoms with van der Waals surface area (Å²) >= 11 is 0. The molecule has 7 nitrogen and oxygen atoms in total. The molecule has 28 heavy (non-hydrogen) atoms. The number of rotatable bonds is 6. The molecule has 1 fully saturated rings. The average Bonchev–Trinajstić information content (AvgIpc) is 2.98. The third-order valence-corrected chi connectivity index (χ3v) is 4.97. The Hall–Kier alpha value is -2.96. The monoisotopic (exact) mass is 382 g/mol. The number of carbonyl (C=O) groups is 2. The Morgan fingerprint density at radius 2 is 1.89 bits per heavy atom. The van der Waals surface area contributed by atoms with Gasteiger partial charge in [-0.05, 0) is 31.4 Å². The molecule has 1 aliphatic rings. The zero-order valence-corrected chi connectivity index (χ0v) is 16.2. The Labute approximate surface area is 165 Å². The van der Waals surface area contributed by atoms with Gasteiger partial charge in [0.25, 0.3) is 5.91 Å². The summed E-state index contributed by atoms with van der Waals surface area (Å²) in [5.74, 6) is 0.702. The highest BCUT2D eigenvalue weighted by atomic mass is 16.5. The summed E-state index contributed by atoms with van der Waals surface area (Å²) in [4.78, 5) is 36.5. The molecule has 0 bridgehead atoms. The van der Waals surface area contributed by atoms with Crippen molar-refractivity contribution in [3.63, 3.8) is 0 Å². The van der Waals surface area contributed by atoms with E-state index in [-0.39, 0.29) is 24.5 Å². The fourth-order valence-electron chi connectivity index (χ4n) is 3.50. The number of para-hydroxylation sites is 1. The first-order valence-corrected chi connectivity index (χ1v) is 9.60. The minimum Gasteiger partial charge on any atom is -0.484 e. The first-order chi connectivity index (χ1) is 13.6. The highest BCUT2D eigenvalue weighted by Gasteiger charge is 2.26. The molecule has 0 radical (unpaired) electrons. The van der Waals surface area contributed by atoms with Crippen LogP contribution in [0.15, 0.2) is 49.1 Å². The van der Waals surface area contributed by atoms with Crippen LogP contribution in [0.2, 0.25) is 0 Å². The molecule has 1 aromatic heterocycles. The quantitative estimate of drug-likeness (QED) is 0.766. The molecule has 148 valence electrons. The van der Waals surface area contributed by atoms with Crippen molar-refractivity contribution >= 4 is 11.8 Å². The molecule has 0 aliphatic carbocycles. The molecule has 2 aromatic rings. The third-order valence-electron chi connectivity index (χ3n) is 4.97. The van der Waals surface area contributed by atoms with E-state index >= 15 is 0 Å². The number of aromatic nitrogens is 2. The number of hydrogen-bond acceptors (Lipinski definition) is 5. The molecule has 0 N–H and O–H groups in total. The molecule has 7 heteroatoms. The lowest BCUT2D eigenvalue weighted by molar-refractivity contribution is -0.133. The van der Waals surface area contributed by atoms with E-state index in [9.17, 15) is 9.59 Å². The first-order valence-electron chi connectivity index (χ1n) is 9.60. The lowest BCUT2D eigenvalue weighted by atomic mass is 10.1. The van der Waals surface area contributed by atoms with Crippen LogP contribution in [0.1, 0.15) is 31.7 Å². The average molecular weight is 382 g/mol. The molecular weight excluding hydrogens is 356 g/mol. The first kappa shape index (κ1) is 19.8. The van der Waals surface area contributed by atoms with E-state index in [2.05, 4.69) is 9.97 Å². The maximum Gasteiger partial charge on any atom is 0.260 e. The number of amides is 2. The van der Waals surface area contributed by atoms with Crippen molar-refractivity contribution in [1.82, 2.24) is 19.8 Å².